The molecule has 1 nitrogen and oxygen atoms in total. The average molecular weight is 342 g/mol. The van der Waals surface area contributed by atoms with E-state index in [-0.39, 0.29) is 0 Å². The molecular weight excluding hydrogens is 318 g/mol. The first kappa shape index (κ1) is 15.4. The van der Waals surface area contributed by atoms with Crippen LogP contribution in [-0.2, 0) is 6.54 Å². The molecule has 1 aliphatic rings. The van der Waals surface area contributed by atoms with Crippen LogP contribution in [0.5, 0.6) is 0 Å². The van der Waals surface area contributed by atoms with E-state index in [1.165, 1.54) is 40.6 Å². The summed E-state index contributed by atoms with van der Waals surface area (Å²) in [6.45, 7) is 6.57. The van der Waals surface area contributed by atoms with Crippen molar-refractivity contribution >= 4 is 27.7 Å². The van der Waals surface area contributed by atoms with E-state index in [0.29, 0.717) is 0 Å². The summed E-state index contributed by atoms with van der Waals surface area (Å²) in [5.41, 5.74) is 1.44. The lowest BCUT2D eigenvalue weighted by Gasteiger charge is -2.27. The molecule has 0 spiro atoms. The van der Waals surface area contributed by atoms with Crippen LogP contribution in [0.15, 0.2) is 27.6 Å². The second-order valence-corrected chi connectivity index (χ2v) is 7.80. The highest BCUT2D eigenvalue weighted by Crippen LogP contribution is 2.38. The molecule has 0 heterocycles. The van der Waals surface area contributed by atoms with Crippen molar-refractivity contribution in [2.75, 3.05) is 6.54 Å². The monoisotopic (exact) mass is 341 g/mol. The number of hydrogen-bond acceptors (Lipinski definition) is 2. The maximum absolute atomic E-state index is 3.61. The zero-order valence-electron chi connectivity index (χ0n) is 11.9. The molecule has 1 fully saturated rings. The van der Waals surface area contributed by atoms with Gasteiger partial charge >= 0.3 is 0 Å². The van der Waals surface area contributed by atoms with E-state index >= 15 is 0 Å². The number of rotatable bonds is 5. The molecule has 0 saturated heterocycles. The van der Waals surface area contributed by atoms with E-state index < -0.39 is 0 Å². The molecule has 1 aliphatic carbocycles. The molecule has 0 amide bonds. The molecule has 1 N–H and O–H groups in total. The highest BCUT2D eigenvalue weighted by molar-refractivity contribution is 9.10. The summed E-state index contributed by atoms with van der Waals surface area (Å²) in [5, 5.41) is 4.25. The van der Waals surface area contributed by atoms with Crippen LogP contribution in [0.3, 0.4) is 0 Å². The maximum atomic E-state index is 3.61. The summed E-state index contributed by atoms with van der Waals surface area (Å²) in [7, 11) is 0. The molecule has 106 valence electrons. The van der Waals surface area contributed by atoms with Gasteiger partial charge in [-0.2, -0.15) is 0 Å². The lowest BCUT2D eigenvalue weighted by atomic mass is 9.91. The second kappa shape index (κ2) is 7.70. The first-order valence-electron chi connectivity index (χ1n) is 7.34. The molecule has 1 aromatic rings. The quantitative estimate of drug-likeness (QED) is 0.786. The molecule has 3 heteroatoms. The van der Waals surface area contributed by atoms with Crippen LogP contribution in [0, 0.1) is 5.92 Å². The van der Waals surface area contributed by atoms with E-state index in [1.807, 2.05) is 0 Å². The minimum atomic E-state index is 0.804. The van der Waals surface area contributed by atoms with Crippen LogP contribution in [0.4, 0.5) is 0 Å². The molecular formula is C16H24BrNS. The van der Waals surface area contributed by atoms with Crippen LogP contribution in [0.2, 0.25) is 0 Å². The minimum Gasteiger partial charge on any atom is -0.313 e. The zero-order valence-corrected chi connectivity index (χ0v) is 14.3. The van der Waals surface area contributed by atoms with E-state index in [0.717, 1.165) is 24.3 Å². The largest absolute Gasteiger partial charge is 0.313 e. The SMILES string of the molecule is CCNCc1ccc(Br)cc1SC1CCCC(C)C1. The topological polar surface area (TPSA) is 12.0 Å². The average Bonchev–Trinajstić information content (AvgIpc) is 2.38. The first-order chi connectivity index (χ1) is 9.19. The van der Waals surface area contributed by atoms with Crippen molar-refractivity contribution in [3.63, 3.8) is 0 Å². The molecule has 19 heavy (non-hydrogen) atoms. The normalized spacial score (nSPS) is 23.5. The van der Waals surface area contributed by atoms with Crippen molar-refractivity contribution in [3.8, 4) is 0 Å². The van der Waals surface area contributed by atoms with Gasteiger partial charge in [-0.05, 0) is 43.0 Å². The highest BCUT2D eigenvalue weighted by atomic mass is 79.9. The van der Waals surface area contributed by atoms with Gasteiger partial charge in [-0.25, -0.2) is 0 Å². The molecule has 0 bridgehead atoms. The van der Waals surface area contributed by atoms with Crippen molar-refractivity contribution < 1.29 is 0 Å². The Bertz CT molecular complexity index is 408. The Hall–Kier alpha value is 0.01000. The van der Waals surface area contributed by atoms with Gasteiger partial charge in [0.1, 0.15) is 0 Å². The molecule has 2 atom stereocenters. The Kier molecular flexibility index (Phi) is 6.24. The predicted molar refractivity (Wildman–Crippen MR) is 88.8 cm³/mol. The number of halogens is 1. The Morgan fingerprint density at radius 2 is 2.21 bits per heavy atom. The molecule has 1 aromatic carbocycles. The van der Waals surface area contributed by atoms with Crippen LogP contribution < -0.4 is 5.32 Å². The van der Waals surface area contributed by atoms with E-state index in [9.17, 15) is 0 Å². The molecule has 0 radical (unpaired) electrons. The van der Waals surface area contributed by atoms with Gasteiger partial charge in [0.05, 0.1) is 0 Å². The van der Waals surface area contributed by atoms with Crippen molar-refractivity contribution in [1.29, 1.82) is 0 Å². The van der Waals surface area contributed by atoms with Gasteiger partial charge in [-0.3, -0.25) is 0 Å². The highest BCUT2D eigenvalue weighted by Gasteiger charge is 2.20. The van der Waals surface area contributed by atoms with Gasteiger partial charge in [-0.15, -0.1) is 11.8 Å². The molecule has 2 rings (SSSR count). The van der Waals surface area contributed by atoms with Crippen molar-refractivity contribution in [1.82, 2.24) is 5.32 Å². The van der Waals surface area contributed by atoms with Gasteiger partial charge in [-0.1, -0.05) is 48.7 Å². The van der Waals surface area contributed by atoms with E-state index in [2.05, 4.69) is 65.1 Å². The van der Waals surface area contributed by atoms with Crippen LogP contribution in [0.1, 0.15) is 45.1 Å². The van der Waals surface area contributed by atoms with Crippen LogP contribution in [0.25, 0.3) is 0 Å². The summed E-state index contributed by atoms with van der Waals surface area (Å²) in [5.74, 6) is 0.899. The van der Waals surface area contributed by atoms with Gasteiger partial charge < -0.3 is 5.32 Å². The Balaban J connectivity index is 2.06. The zero-order chi connectivity index (χ0) is 13.7. The fourth-order valence-electron chi connectivity index (χ4n) is 2.71. The fourth-order valence-corrected chi connectivity index (χ4v) is 4.78. The Morgan fingerprint density at radius 3 is 2.95 bits per heavy atom. The first-order valence-corrected chi connectivity index (χ1v) is 9.02. The van der Waals surface area contributed by atoms with Crippen LogP contribution >= 0.6 is 27.7 Å². The summed E-state index contributed by atoms with van der Waals surface area (Å²) >= 11 is 5.70. The Morgan fingerprint density at radius 1 is 1.37 bits per heavy atom. The second-order valence-electron chi connectivity index (χ2n) is 5.54. The molecule has 1 saturated carbocycles. The van der Waals surface area contributed by atoms with Crippen LogP contribution in [-0.4, -0.2) is 11.8 Å². The molecule has 0 aromatic heterocycles. The third-order valence-electron chi connectivity index (χ3n) is 3.78. The summed E-state index contributed by atoms with van der Waals surface area (Å²) < 4.78 is 1.19. The predicted octanol–water partition coefficient (Wildman–Crippen LogP) is 5.23. The molecule has 0 aliphatic heterocycles. The van der Waals surface area contributed by atoms with Gasteiger partial charge in [0.2, 0.25) is 0 Å². The fraction of sp³-hybridized carbons (Fsp3) is 0.625. The number of benzene rings is 1. The van der Waals surface area contributed by atoms with Gasteiger partial charge in [0.25, 0.3) is 0 Å². The summed E-state index contributed by atoms with van der Waals surface area (Å²) in [6.07, 6.45) is 5.56. The molecule has 2 unspecified atom stereocenters. The van der Waals surface area contributed by atoms with Crippen molar-refractivity contribution in [2.24, 2.45) is 5.92 Å². The summed E-state index contributed by atoms with van der Waals surface area (Å²) in [4.78, 5) is 1.45. The van der Waals surface area contributed by atoms with Gasteiger partial charge in [0.15, 0.2) is 0 Å². The van der Waals surface area contributed by atoms with E-state index in [4.69, 9.17) is 0 Å². The lowest BCUT2D eigenvalue weighted by molar-refractivity contribution is 0.394. The third kappa shape index (κ3) is 4.80. The minimum absolute atomic E-state index is 0.804. The van der Waals surface area contributed by atoms with Crippen molar-refractivity contribution in [2.45, 2.75) is 56.2 Å². The Labute approximate surface area is 130 Å². The maximum Gasteiger partial charge on any atom is 0.0216 e. The summed E-state index contributed by atoms with van der Waals surface area (Å²) in [6, 6.07) is 6.69. The lowest BCUT2D eigenvalue weighted by Crippen LogP contribution is -2.16. The van der Waals surface area contributed by atoms with Gasteiger partial charge in [0, 0.05) is 21.2 Å². The van der Waals surface area contributed by atoms with Crippen molar-refractivity contribution in [3.05, 3.63) is 28.2 Å². The number of hydrogen-bond donors (Lipinski definition) is 1. The van der Waals surface area contributed by atoms with E-state index in [1.54, 1.807) is 0 Å². The smallest absolute Gasteiger partial charge is 0.0216 e. The third-order valence-corrected chi connectivity index (χ3v) is 5.67. The number of thioether (sulfide) groups is 1. The number of nitrogens with one attached hydrogen (secondary N) is 1. The standard InChI is InChI=1S/C16H24BrNS/c1-3-18-11-13-7-8-14(17)10-16(13)19-15-6-4-5-12(2)9-15/h7-8,10,12,15,18H,3-6,9,11H2,1-2H3.